The monoisotopic (exact) mass is 217 g/mol. The summed E-state index contributed by atoms with van der Waals surface area (Å²) in [6, 6.07) is 0. The molecule has 1 rings (SSSR count). The predicted molar refractivity (Wildman–Crippen MR) is 54.2 cm³/mol. The Morgan fingerprint density at radius 2 is 2.20 bits per heavy atom. The number of nitrogens with two attached hydrogens (primary N) is 1. The molecular formula is C10H19NO4. The van der Waals surface area contributed by atoms with Crippen LogP contribution in [0, 0.1) is 0 Å². The van der Waals surface area contributed by atoms with Gasteiger partial charge in [-0.05, 0) is 25.8 Å². The van der Waals surface area contributed by atoms with Gasteiger partial charge in [0.25, 0.3) is 0 Å². The molecule has 0 aliphatic carbocycles. The number of ether oxygens (including phenoxy) is 2. The van der Waals surface area contributed by atoms with Crippen molar-refractivity contribution in [2.24, 2.45) is 5.73 Å². The summed E-state index contributed by atoms with van der Waals surface area (Å²) >= 11 is 0. The molecule has 15 heavy (non-hydrogen) atoms. The van der Waals surface area contributed by atoms with Crippen molar-refractivity contribution in [3.8, 4) is 0 Å². The second-order valence-electron chi connectivity index (χ2n) is 3.72. The van der Waals surface area contributed by atoms with Gasteiger partial charge >= 0.3 is 5.97 Å². The zero-order valence-corrected chi connectivity index (χ0v) is 8.85. The highest BCUT2D eigenvalue weighted by molar-refractivity contribution is 5.69. The summed E-state index contributed by atoms with van der Waals surface area (Å²) in [7, 11) is 0. The minimum absolute atomic E-state index is 0.0393. The third-order valence-electron chi connectivity index (χ3n) is 2.41. The van der Waals surface area contributed by atoms with Crippen LogP contribution in [-0.2, 0) is 14.3 Å². The van der Waals surface area contributed by atoms with E-state index in [4.69, 9.17) is 20.3 Å². The predicted octanol–water partition coefficient (Wildman–Crippen LogP) is -0.192. The van der Waals surface area contributed by atoms with E-state index >= 15 is 0 Å². The molecule has 0 radical (unpaired) electrons. The van der Waals surface area contributed by atoms with Crippen LogP contribution in [0.3, 0.4) is 0 Å². The van der Waals surface area contributed by atoms with E-state index in [0.717, 1.165) is 12.8 Å². The molecule has 0 saturated carbocycles. The third kappa shape index (κ3) is 4.59. The van der Waals surface area contributed by atoms with Crippen LogP contribution in [0.2, 0.25) is 0 Å². The number of carbonyl (C=O) groups is 1. The number of carbonyl (C=O) groups excluding carboxylic acids is 1. The fourth-order valence-corrected chi connectivity index (χ4v) is 1.54. The molecule has 5 nitrogen and oxygen atoms in total. The Morgan fingerprint density at radius 3 is 2.80 bits per heavy atom. The van der Waals surface area contributed by atoms with Gasteiger partial charge < -0.3 is 20.3 Å². The molecule has 1 heterocycles. The van der Waals surface area contributed by atoms with Crippen molar-refractivity contribution in [3.05, 3.63) is 0 Å². The Bertz CT molecular complexity index is 198. The van der Waals surface area contributed by atoms with E-state index in [1.807, 2.05) is 0 Å². The Kier molecular flexibility index (Phi) is 5.60. The normalized spacial score (nSPS) is 25.5. The van der Waals surface area contributed by atoms with E-state index < -0.39 is 0 Å². The molecule has 88 valence electrons. The summed E-state index contributed by atoms with van der Waals surface area (Å²) in [5.74, 6) is -0.225. The van der Waals surface area contributed by atoms with Gasteiger partial charge in [-0.15, -0.1) is 0 Å². The largest absolute Gasteiger partial charge is 0.463 e. The average molecular weight is 217 g/mol. The third-order valence-corrected chi connectivity index (χ3v) is 2.41. The number of aliphatic hydroxyl groups excluding tert-OH is 1. The summed E-state index contributed by atoms with van der Waals surface area (Å²) in [4.78, 5) is 11.1. The van der Waals surface area contributed by atoms with Crippen LogP contribution in [0.4, 0.5) is 0 Å². The molecule has 1 aliphatic rings. The van der Waals surface area contributed by atoms with Crippen molar-refractivity contribution in [2.75, 3.05) is 19.8 Å². The lowest BCUT2D eigenvalue weighted by atomic mass is 10.2. The van der Waals surface area contributed by atoms with E-state index in [9.17, 15) is 4.79 Å². The Morgan fingerprint density at radius 1 is 1.47 bits per heavy atom. The second-order valence-corrected chi connectivity index (χ2v) is 3.72. The highest BCUT2D eigenvalue weighted by atomic mass is 16.6. The van der Waals surface area contributed by atoms with Crippen LogP contribution < -0.4 is 5.73 Å². The molecule has 0 bridgehead atoms. The zero-order chi connectivity index (χ0) is 11.1. The first-order chi connectivity index (χ1) is 7.26. The zero-order valence-electron chi connectivity index (χ0n) is 8.85. The fourth-order valence-electron chi connectivity index (χ4n) is 1.54. The molecule has 3 N–H and O–H groups in total. The maximum Gasteiger partial charge on any atom is 0.305 e. The average Bonchev–Trinajstić information content (AvgIpc) is 2.71. The SMILES string of the molecule is NCCCC(=O)OC[C@@H]1CC[C@@H](CO)O1. The Hall–Kier alpha value is -0.650. The topological polar surface area (TPSA) is 81.8 Å². The van der Waals surface area contributed by atoms with Gasteiger partial charge in [-0.25, -0.2) is 0 Å². The standard InChI is InChI=1S/C10H19NO4/c11-5-1-2-10(13)14-7-9-4-3-8(6-12)15-9/h8-9,12H,1-7,11H2/t8-,9-/m0/s1. The van der Waals surface area contributed by atoms with Crippen molar-refractivity contribution in [2.45, 2.75) is 37.9 Å². The van der Waals surface area contributed by atoms with Crippen LogP contribution in [0.25, 0.3) is 0 Å². The molecule has 5 heteroatoms. The van der Waals surface area contributed by atoms with E-state index in [2.05, 4.69) is 0 Å². The van der Waals surface area contributed by atoms with Gasteiger partial charge in [0, 0.05) is 6.42 Å². The lowest BCUT2D eigenvalue weighted by Crippen LogP contribution is -2.21. The summed E-state index contributed by atoms with van der Waals surface area (Å²) in [5, 5.41) is 8.83. The van der Waals surface area contributed by atoms with Gasteiger partial charge in [0.05, 0.1) is 18.8 Å². The van der Waals surface area contributed by atoms with Gasteiger partial charge in [0.15, 0.2) is 0 Å². The molecule has 0 unspecified atom stereocenters. The molecular weight excluding hydrogens is 198 g/mol. The van der Waals surface area contributed by atoms with Crippen LogP contribution in [0.1, 0.15) is 25.7 Å². The number of esters is 1. The highest BCUT2D eigenvalue weighted by Crippen LogP contribution is 2.19. The molecule has 0 amide bonds. The minimum atomic E-state index is -0.225. The lowest BCUT2D eigenvalue weighted by Gasteiger charge is -2.12. The first-order valence-electron chi connectivity index (χ1n) is 5.38. The van der Waals surface area contributed by atoms with Crippen molar-refractivity contribution < 1.29 is 19.4 Å². The maximum absolute atomic E-state index is 11.1. The van der Waals surface area contributed by atoms with Gasteiger partial charge in [0.2, 0.25) is 0 Å². The van der Waals surface area contributed by atoms with E-state index in [0.29, 0.717) is 26.0 Å². The first-order valence-corrected chi connectivity index (χ1v) is 5.38. The summed E-state index contributed by atoms with van der Waals surface area (Å²) in [6.45, 7) is 0.832. The number of rotatable bonds is 6. The summed E-state index contributed by atoms with van der Waals surface area (Å²) < 4.78 is 10.4. The van der Waals surface area contributed by atoms with E-state index in [1.165, 1.54) is 0 Å². The molecule has 0 aromatic carbocycles. The smallest absolute Gasteiger partial charge is 0.305 e. The Balaban J connectivity index is 2.07. The number of hydrogen-bond acceptors (Lipinski definition) is 5. The Labute approximate surface area is 89.5 Å². The van der Waals surface area contributed by atoms with Crippen LogP contribution in [0.15, 0.2) is 0 Å². The van der Waals surface area contributed by atoms with Crippen molar-refractivity contribution >= 4 is 5.97 Å². The summed E-state index contributed by atoms with van der Waals surface area (Å²) in [5.41, 5.74) is 5.27. The van der Waals surface area contributed by atoms with E-state index in [-0.39, 0.29) is 24.8 Å². The lowest BCUT2D eigenvalue weighted by molar-refractivity contribution is -0.147. The van der Waals surface area contributed by atoms with Crippen molar-refractivity contribution in [3.63, 3.8) is 0 Å². The second kappa shape index (κ2) is 6.76. The molecule has 2 atom stereocenters. The summed E-state index contributed by atoms with van der Waals surface area (Å²) in [6.07, 6.45) is 2.56. The van der Waals surface area contributed by atoms with Gasteiger partial charge in [-0.3, -0.25) is 4.79 Å². The molecule has 1 fully saturated rings. The molecule has 0 spiro atoms. The highest BCUT2D eigenvalue weighted by Gasteiger charge is 2.25. The van der Waals surface area contributed by atoms with Gasteiger partial charge in [0.1, 0.15) is 6.61 Å². The van der Waals surface area contributed by atoms with Crippen LogP contribution in [-0.4, -0.2) is 43.0 Å². The fraction of sp³-hybridized carbons (Fsp3) is 0.900. The van der Waals surface area contributed by atoms with Crippen molar-refractivity contribution in [1.82, 2.24) is 0 Å². The minimum Gasteiger partial charge on any atom is -0.463 e. The van der Waals surface area contributed by atoms with Crippen LogP contribution >= 0.6 is 0 Å². The molecule has 0 aromatic rings. The van der Waals surface area contributed by atoms with Gasteiger partial charge in [-0.2, -0.15) is 0 Å². The molecule has 1 saturated heterocycles. The molecule has 0 aromatic heterocycles. The van der Waals surface area contributed by atoms with E-state index in [1.54, 1.807) is 0 Å². The quantitative estimate of drug-likeness (QED) is 0.602. The maximum atomic E-state index is 11.1. The van der Waals surface area contributed by atoms with Crippen LogP contribution in [0.5, 0.6) is 0 Å². The first kappa shape index (κ1) is 12.4. The number of aliphatic hydroxyl groups is 1. The number of hydrogen-bond donors (Lipinski definition) is 2. The van der Waals surface area contributed by atoms with Crippen molar-refractivity contribution in [1.29, 1.82) is 0 Å². The molecule has 1 aliphatic heterocycles. The van der Waals surface area contributed by atoms with Gasteiger partial charge in [-0.1, -0.05) is 0 Å².